The highest BCUT2D eigenvalue weighted by Gasteiger charge is 2.18. The molecular formula is C17H22ClNS. The Bertz CT molecular complexity index is 589. The van der Waals surface area contributed by atoms with Gasteiger partial charge in [-0.15, -0.1) is 11.3 Å². The second kappa shape index (κ2) is 6.75. The first-order chi connectivity index (χ1) is 9.56. The molecule has 0 spiro atoms. The fraction of sp³-hybridized carbons (Fsp3) is 0.412. The van der Waals surface area contributed by atoms with Crippen molar-refractivity contribution in [3.63, 3.8) is 0 Å². The zero-order valence-electron chi connectivity index (χ0n) is 12.6. The van der Waals surface area contributed by atoms with Crippen molar-refractivity contribution < 1.29 is 0 Å². The molecule has 108 valence electrons. The van der Waals surface area contributed by atoms with Crippen LogP contribution in [-0.4, -0.2) is 6.54 Å². The molecule has 0 aliphatic heterocycles. The number of aryl methyl sites for hydroxylation is 3. The number of thiophene rings is 1. The SMILES string of the molecule is CCNC(c1ccc(CC)s1)c1cc(C)c(C)cc1Cl. The van der Waals surface area contributed by atoms with Crippen molar-refractivity contribution in [2.75, 3.05) is 6.54 Å². The molecule has 0 saturated heterocycles. The highest BCUT2D eigenvalue weighted by atomic mass is 35.5. The molecular weight excluding hydrogens is 286 g/mol. The van der Waals surface area contributed by atoms with Crippen molar-refractivity contribution in [1.82, 2.24) is 5.32 Å². The van der Waals surface area contributed by atoms with Crippen molar-refractivity contribution in [2.24, 2.45) is 0 Å². The summed E-state index contributed by atoms with van der Waals surface area (Å²) in [5.74, 6) is 0. The van der Waals surface area contributed by atoms with Crippen LogP contribution in [0.15, 0.2) is 24.3 Å². The van der Waals surface area contributed by atoms with E-state index in [4.69, 9.17) is 11.6 Å². The van der Waals surface area contributed by atoms with Gasteiger partial charge in [0.2, 0.25) is 0 Å². The van der Waals surface area contributed by atoms with Crippen LogP contribution in [0.25, 0.3) is 0 Å². The van der Waals surface area contributed by atoms with Crippen LogP contribution in [0.2, 0.25) is 5.02 Å². The molecule has 1 aromatic carbocycles. The normalized spacial score (nSPS) is 12.7. The Kier molecular flexibility index (Phi) is 5.25. The lowest BCUT2D eigenvalue weighted by Crippen LogP contribution is -2.21. The molecule has 1 unspecified atom stereocenters. The van der Waals surface area contributed by atoms with Crippen LogP contribution in [0.4, 0.5) is 0 Å². The van der Waals surface area contributed by atoms with Crippen LogP contribution in [0.3, 0.4) is 0 Å². The molecule has 1 atom stereocenters. The maximum absolute atomic E-state index is 6.49. The number of hydrogen-bond acceptors (Lipinski definition) is 2. The van der Waals surface area contributed by atoms with E-state index >= 15 is 0 Å². The lowest BCUT2D eigenvalue weighted by atomic mass is 9.99. The van der Waals surface area contributed by atoms with E-state index in [1.54, 1.807) is 0 Å². The van der Waals surface area contributed by atoms with Gasteiger partial charge in [0, 0.05) is 14.8 Å². The highest BCUT2D eigenvalue weighted by Crippen LogP contribution is 2.34. The number of hydrogen-bond donors (Lipinski definition) is 1. The number of halogens is 1. The summed E-state index contributed by atoms with van der Waals surface area (Å²) in [5.41, 5.74) is 3.72. The lowest BCUT2D eigenvalue weighted by molar-refractivity contribution is 0.639. The molecule has 1 N–H and O–H groups in total. The van der Waals surface area contributed by atoms with E-state index in [0.717, 1.165) is 18.0 Å². The molecule has 0 fully saturated rings. The average Bonchev–Trinajstić information content (AvgIpc) is 2.89. The first-order valence-corrected chi connectivity index (χ1v) is 8.34. The zero-order valence-corrected chi connectivity index (χ0v) is 14.2. The van der Waals surface area contributed by atoms with Crippen LogP contribution < -0.4 is 5.32 Å². The first kappa shape index (κ1) is 15.6. The van der Waals surface area contributed by atoms with Crippen molar-refractivity contribution in [3.8, 4) is 0 Å². The minimum Gasteiger partial charge on any atom is -0.306 e. The average molecular weight is 308 g/mol. The smallest absolute Gasteiger partial charge is 0.0685 e. The molecule has 2 aromatic rings. The molecule has 1 nitrogen and oxygen atoms in total. The van der Waals surface area contributed by atoms with Crippen molar-refractivity contribution in [1.29, 1.82) is 0 Å². The summed E-state index contributed by atoms with van der Waals surface area (Å²) in [6.45, 7) is 9.50. The van der Waals surface area contributed by atoms with Crippen LogP contribution in [0.1, 0.15) is 46.3 Å². The third-order valence-corrected chi connectivity index (χ3v) is 5.27. The molecule has 3 heteroatoms. The van der Waals surface area contributed by atoms with Crippen molar-refractivity contribution in [3.05, 3.63) is 55.7 Å². The third-order valence-electron chi connectivity index (χ3n) is 3.65. The zero-order chi connectivity index (χ0) is 14.7. The van der Waals surface area contributed by atoms with E-state index in [9.17, 15) is 0 Å². The van der Waals surface area contributed by atoms with Gasteiger partial charge in [-0.1, -0.05) is 31.5 Å². The molecule has 0 aliphatic carbocycles. The van der Waals surface area contributed by atoms with Gasteiger partial charge >= 0.3 is 0 Å². The topological polar surface area (TPSA) is 12.0 Å². The van der Waals surface area contributed by atoms with Gasteiger partial charge in [0.1, 0.15) is 0 Å². The first-order valence-electron chi connectivity index (χ1n) is 7.15. The van der Waals surface area contributed by atoms with Gasteiger partial charge in [-0.2, -0.15) is 0 Å². The van der Waals surface area contributed by atoms with E-state index in [-0.39, 0.29) is 6.04 Å². The molecule has 20 heavy (non-hydrogen) atoms. The minimum absolute atomic E-state index is 0.192. The summed E-state index contributed by atoms with van der Waals surface area (Å²) < 4.78 is 0. The van der Waals surface area contributed by atoms with Crippen molar-refractivity contribution in [2.45, 2.75) is 40.2 Å². The van der Waals surface area contributed by atoms with Gasteiger partial charge in [0.05, 0.1) is 6.04 Å². The summed E-state index contributed by atoms with van der Waals surface area (Å²) in [6, 6.07) is 8.93. The van der Waals surface area contributed by atoms with Gasteiger partial charge in [0.15, 0.2) is 0 Å². The predicted molar refractivity (Wildman–Crippen MR) is 90.1 cm³/mol. The molecule has 2 rings (SSSR count). The summed E-state index contributed by atoms with van der Waals surface area (Å²) in [6.07, 6.45) is 1.09. The lowest BCUT2D eigenvalue weighted by Gasteiger charge is -2.20. The summed E-state index contributed by atoms with van der Waals surface area (Å²) in [5, 5.41) is 4.42. The van der Waals surface area contributed by atoms with Crippen LogP contribution in [-0.2, 0) is 6.42 Å². The van der Waals surface area contributed by atoms with Gasteiger partial charge < -0.3 is 5.32 Å². The Morgan fingerprint density at radius 2 is 1.85 bits per heavy atom. The molecule has 1 aromatic heterocycles. The number of nitrogens with one attached hydrogen (secondary N) is 1. The molecule has 0 aliphatic rings. The second-order valence-electron chi connectivity index (χ2n) is 5.11. The van der Waals surface area contributed by atoms with Gasteiger partial charge in [-0.25, -0.2) is 0 Å². The quantitative estimate of drug-likeness (QED) is 0.792. The van der Waals surface area contributed by atoms with E-state index in [1.165, 1.54) is 26.4 Å². The number of rotatable bonds is 5. The standard InChI is InChI=1S/C17H22ClNS/c1-5-13-7-8-16(20-13)17(19-6-2)14-9-11(3)12(4)10-15(14)18/h7-10,17,19H,5-6H2,1-4H3. The second-order valence-corrected chi connectivity index (χ2v) is 6.71. The largest absolute Gasteiger partial charge is 0.306 e. The summed E-state index contributed by atoms with van der Waals surface area (Å²) >= 11 is 8.36. The summed E-state index contributed by atoms with van der Waals surface area (Å²) in [7, 11) is 0. The molecule has 1 heterocycles. The summed E-state index contributed by atoms with van der Waals surface area (Å²) in [4.78, 5) is 2.76. The number of benzene rings is 1. The Labute approximate surface area is 131 Å². The van der Waals surface area contributed by atoms with E-state index in [2.05, 4.69) is 57.3 Å². The monoisotopic (exact) mass is 307 g/mol. The van der Waals surface area contributed by atoms with Gasteiger partial charge in [-0.05, 0) is 61.7 Å². The Hall–Kier alpha value is -0.830. The fourth-order valence-electron chi connectivity index (χ4n) is 2.33. The molecule has 0 radical (unpaired) electrons. The maximum Gasteiger partial charge on any atom is 0.0685 e. The molecule has 0 saturated carbocycles. The van der Waals surface area contributed by atoms with E-state index in [1.807, 2.05) is 11.3 Å². The third kappa shape index (κ3) is 3.25. The van der Waals surface area contributed by atoms with Crippen molar-refractivity contribution >= 4 is 22.9 Å². The Balaban J connectivity index is 2.45. The van der Waals surface area contributed by atoms with Crippen LogP contribution in [0.5, 0.6) is 0 Å². The minimum atomic E-state index is 0.192. The van der Waals surface area contributed by atoms with E-state index < -0.39 is 0 Å². The van der Waals surface area contributed by atoms with Crippen LogP contribution >= 0.6 is 22.9 Å². The fourth-order valence-corrected chi connectivity index (χ4v) is 3.71. The maximum atomic E-state index is 6.49. The van der Waals surface area contributed by atoms with E-state index in [0.29, 0.717) is 0 Å². The van der Waals surface area contributed by atoms with Gasteiger partial charge in [-0.3, -0.25) is 0 Å². The molecule has 0 amide bonds. The van der Waals surface area contributed by atoms with Crippen LogP contribution in [0, 0.1) is 13.8 Å². The Morgan fingerprint density at radius 3 is 2.45 bits per heavy atom. The Morgan fingerprint density at radius 1 is 1.15 bits per heavy atom. The highest BCUT2D eigenvalue weighted by molar-refractivity contribution is 7.12. The van der Waals surface area contributed by atoms with Gasteiger partial charge in [0.25, 0.3) is 0 Å². The molecule has 0 bridgehead atoms. The predicted octanol–water partition coefficient (Wildman–Crippen LogP) is 5.28.